The zero-order chi connectivity index (χ0) is 8.27. The maximum Gasteiger partial charge on any atom is 0.123 e. The van der Waals surface area contributed by atoms with Crippen molar-refractivity contribution in [2.45, 2.75) is 6.10 Å². The summed E-state index contributed by atoms with van der Waals surface area (Å²) in [5.74, 6) is -0.407. The lowest BCUT2D eigenvalue weighted by molar-refractivity contribution is 0.0954. The van der Waals surface area contributed by atoms with E-state index in [1.807, 2.05) is 0 Å². The molecular weight excluding hydrogens is 147 g/mol. The maximum absolute atomic E-state index is 12.5. The lowest BCUT2D eigenvalue weighted by atomic mass is 10.1. The van der Waals surface area contributed by atoms with Gasteiger partial charge in [0, 0.05) is 0 Å². The number of rotatable bonds is 2. The number of aliphatic hydroxyl groups excluding tert-OH is 2. The van der Waals surface area contributed by atoms with Crippen LogP contribution in [0.1, 0.15) is 11.7 Å². The van der Waals surface area contributed by atoms with E-state index in [2.05, 4.69) is 0 Å². The molecule has 0 fully saturated rings. The average Bonchev–Trinajstić information content (AvgIpc) is 2.03. The largest absolute Gasteiger partial charge is 0.393 e. The van der Waals surface area contributed by atoms with Gasteiger partial charge in [-0.15, -0.1) is 0 Å². The van der Waals surface area contributed by atoms with Crippen molar-refractivity contribution in [1.82, 2.24) is 0 Å². The van der Waals surface area contributed by atoms with Gasteiger partial charge in [-0.05, 0) is 17.7 Å². The third-order valence-corrected chi connectivity index (χ3v) is 1.41. The summed E-state index contributed by atoms with van der Waals surface area (Å²) in [5, 5.41) is 17.5. The van der Waals surface area contributed by atoms with Crippen molar-refractivity contribution in [1.29, 1.82) is 0 Å². The number of hydrogen-bond acceptors (Lipinski definition) is 2. The first-order valence-electron chi connectivity index (χ1n) is 3.28. The third kappa shape index (κ3) is 2.00. The second-order valence-corrected chi connectivity index (χ2v) is 2.25. The Labute approximate surface area is 63.9 Å². The van der Waals surface area contributed by atoms with Gasteiger partial charge in [-0.25, -0.2) is 4.39 Å². The van der Waals surface area contributed by atoms with E-state index < -0.39 is 11.9 Å². The monoisotopic (exact) mass is 156 g/mol. The highest BCUT2D eigenvalue weighted by Crippen LogP contribution is 2.12. The number of hydrogen-bond donors (Lipinski definition) is 2. The number of aliphatic hydroxyl groups is 2. The minimum atomic E-state index is -0.981. The van der Waals surface area contributed by atoms with Crippen LogP contribution in [0.2, 0.25) is 0 Å². The molecule has 0 saturated heterocycles. The lowest BCUT2D eigenvalue weighted by Crippen LogP contribution is -2.02. The molecule has 11 heavy (non-hydrogen) atoms. The predicted octanol–water partition coefficient (Wildman–Crippen LogP) is 0.851. The Bertz CT molecular complexity index is 237. The highest BCUT2D eigenvalue weighted by atomic mass is 19.1. The van der Waals surface area contributed by atoms with Gasteiger partial charge in [-0.3, -0.25) is 0 Å². The van der Waals surface area contributed by atoms with Gasteiger partial charge in [0.2, 0.25) is 0 Å². The van der Waals surface area contributed by atoms with Crippen LogP contribution in [0.25, 0.3) is 0 Å². The highest BCUT2D eigenvalue weighted by molar-refractivity contribution is 5.18. The van der Waals surface area contributed by atoms with Crippen LogP contribution in [0.4, 0.5) is 4.39 Å². The van der Waals surface area contributed by atoms with Crippen molar-refractivity contribution in [2.75, 3.05) is 6.61 Å². The van der Waals surface area contributed by atoms with Crippen molar-refractivity contribution < 1.29 is 14.6 Å². The van der Waals surface area contributed by atoms with E-state index in [-0.39, 0.29) is 6.61 Å². The van der Waals surface area contributed by atoms with Gasteiger partial charge in [0.15, 0.2) is 0 Å². The Morgan fingerprint density at radius 3 is 2.73 bits per heavy atom. The molecule has 0 aromatic heterocycles. The molecular formula is C8H9FO2. The van der Waals surface area contributed by atoms with Crippen molar-refractivity contribution in [3.05, 3.63) is 35.6 Å². The molecule has 2 N–H and O–H groups in total. The van der Waals surface area contributed by atoms with Crippen LogP contribution in [-0.2, 0) is 0 Å². The molecule has 1 rings (SSSR count). The van der Waals surface area contributed by atoms with Gasteiger partial charge < -0.3 is 10.2 Å². The van der Waals surface area contributed by atoms with Crippen LogP contribution in [0, 0.1) is 5.82 Å². The summed E-state index contributed by atoms with van der Waals surface area (Å²) in [5.41, 5.74) is 0.396. The van der Waals surface area contributed by atoms with Gasteiger partial charge in [0.25, 0.3) is 0 Å². The summed E-state index contributed by atoms with van der Waals surface area (Å²) >= 11 is 0. The molecule has 0 aliphatic carbocycles. The van der Waals surface area contributed by atoms with Gasteiger partial charge in [0.05, 0.1) is 6.61 Å². The summed E-state index contributed by atoms with van der Waals surface area (Å²) in [6, 6.07) is 5.53. The van der Waals surface area contributed by atoms with Crippen LogP contribution in [0.3, 0.4) is 0 Å². The third-order valence-electron chi connectivity index (χ3n) is 1.41. The maximum atomic E-state index is 12.5. The molecule has 3 heteroatoms. The second-order valence-electron chi connectivity index (χ2n) is 2.25. The van der Waals surface area contributed by atoms with E-state index in [9.17, 15) is 4.39 Å². The number of halogens is 1. The molecule has 1 atom stereocenters. The van der Waals surface area contributed by atoms with Crippen LogP contribution < -0.4 is 0 Å². The minimum Gasteiger partial charge on any atom is -0.393 e. The summed E-state index contributed by atoms with van der Waals surface area (Å²) in [4.78, 5) is 0. The van der Waals surface area contributed by atoms with E-state index >= 15 is 0 Å². The first-order valence-corrected chi connectivity index (χ1v) is 3.28. The fourth-order valence-electron chi connectivity index (χ4n) is 0.819. The molecule has 0 spiro atoms. The zero-order valence-electron chi connectivity index (χ0n) is 5.87. The summed E-state index contributed by atoms with van der Waals surface area (Å²) in [7, 11) is 0. The summed E-state index contributed by atoms with van der Waals surface area (Å²) in [6.07, 6.45) is -0.981. The molecule has 60 valence electrons. The van der Waals surface area contributed by atoms with Gasteiger partial charge >= 0.3 is 0 Å². The van der Waals surface area contributed by atoms with Crippen molar-refractivity contribution in [3.63, 3.8) is 0 Å². The first kappa shape index (κ1) is 8.17. The van der Waals surface area contributed by atoms with Gasteiger partial charge in [-0.2, -0.15) is 0 Å². The van der Waals surface area contributed by atoms with Gasteiger partial charge in [-0.1, -0.05) is 12.1 Å². The average molecular weight is 156 g/mol. The minimum absolute atomic E-state index is 0.385. The SMILES string of the molecule is OCC(O)c1cccc(F)c1. The van der Waals surface area contributed by atoms with Crippen molar-refractivity contribution in [2.24, 2.45) is 0 Å². The lowest BCUT2D eigenvalue weighted by Gasteiger charge is -2.05. The predicted molar refractivity (Wildman–Crippen MR) is 38.4 cm³/mol. The van der Waals surface area contributed by atoms with E-state index in [0.717, 1.165) is 0 Å². The van der Waals surface area contributed by atoms with Crippen LogP contribution in [-0.4, -0.2) is 16.8 Å². The molecule has 0 heterocycles. The topological polar surface area (TPSA) is 40.5 Å². The first-order chi connectivity index (χ1) is 5.24. The Kier molecular flexibility index (Phi) is 2.57. The fourth-order valence-corrected chi connectivity index (χ4v) is 0.819. The molecule has 1 unspecified atom stereocenters. The highest BCUT2D eigenvalue weighted by Gasteiger charge is 2.04. The molecule has 0 aliphatic rings. The van der Waals surface area contributed by atoms with E-state index in [4.69, 9.17) is 10.2 Å². The normalized spacial score (nSPS) is 13.0. The van der Waals surface area contributed by atoms with Crippen LogP contribution in [0.15, 0.2) is 24.3 Å². The molecule has 0 bridgehead atoms. The molecule has 0 radical (unpaired) electrons. The van der Waals surface area contributed by atoms with Crippen LogP contribution in [0.5, 0.6) is 0 Å². The standard InChI is InChI=1S/C8H9FO2/c9-7-3-1-2-6(4-7)8(11)5-10/h1-4,8,10-11H,5H2. The quantitative estimate of drug-likeness (QED) is 0.666. The molecule has 1 aromatic carbocycles. The fraction of sp³-hybridized carbons (Fsp3) is 0.250. The van der Waals surface area contributed by atoms with E-state index in [0.29, 0.717) is 5.56 Å². The van der Waals surface area contributed by atoms with E-state index in [1.54, 1.807) is 6.07 Å². The van der Waals surface area contributed by atoms with Crippen molar-refractivity contribution in [3.8, 4) is 0 Å². The Hall–Kier alpha value is -0.930. The molecule has 0 amide bonds. The summed E-state index contributed by atoms with van der Waals surface area (Å²) in [6.45, 7) is -0.385. The van der Waals surface area contributed by atoms with Crippen LogP contribution >= 0.6 is 0 Å². The smallest absolute Gasteiger partial charge is 0.123 e. The van der Waals surface area contributed by atoms with E-state index in [1.165, 1.54) is 18.2 Å². The molecule has 0 aliphatic heterocycles. The Morgan fingerprint density at radius 1 is 1.45 bits per heavy atom. The second kappa shape index (κ2) is 3.46. The molecule has 1 aromatic rings. The molecule has 0 saturated carbocycles. The van der Waals surface area contributed by atoms with Crippen molar-refractivity contribution >= 4 is 0 Å². The Balaban J connectivity index is 2.86. The zero-order valence-corrected chi connectivity index (χ0v) is 5.87. The summed E-state index contributed by atoms with van der Waals surface area (Å²) < 4.78 is 12.5. The molecule has 2 nitrogen and oxygen atoms in total. The van der Waals surface area contributed by atoms with Gasteiger partial charge in [0.1, 0.15) is 11.9 Å². The Morgan fingerprint density at radius 2 is 2.18 bits per heavy atom. The number of benzene rings is 1.